The van der Waals surface area contributed by atoms with Crippen LogP contribution in [0.25, 0.3) is 21.5 Å². The average molecular weight is 474 g/mol. The molecule has 0 spiro atoms. The summed E-state index contributed by atoms with van der Waals surface area (Å²) >= 11 is 1.51. The van der Waals surface area contributed by atoms with Gasteiger partial charge in [0.25, 0.3) is 5.56 Å². The van der Waals surface area contributed by atoms with Gasteiger partial charge in [-0.15, -0.1) is 0 Å². The van der Waals surface area contributed by atoms with Crippen molar-refractivity contribution in [3.05, 3.63) is 70.0 Å². The van der Waals surface area contributed by atoms with Gasteiger partial charge in [-0.25, -0.2) is 9.67 Å². The molecule has 7 nitrogen and oxygen atoms in total. The lowest BCUT2D eigenvalue weighted by atomic mass is 10.1. The highest BCUT2D eigenvalue weighted by atomic mass is 32.1. The van der Waals surface area contributed by atoms with Crippen LogP contribution in [0.5, 0.6) is 0 Å². The lowest BCUT2D eigenvalue weighted by molar-refractivity contribution is -0.117. The van der Waals surface area contributed by atoms with Gasteiger partial charge >= 0.3 is 0 Å². The molecule has 3 heterocycles. The Morgan fingerprint density at radius 3 is 2.59 bits per heavy atom. The van der Waals surface area contributed by atoms with Crippen LogP contribution in [0.4, 0.5) is 10.8 Å². The van der Waals surface area contributed by atoms with Crippen molar-refractivity contribution in [2.24, 2.45) is 0 Å². The number of aryl methyl sites for hydroxylation is 2. The molecular weight excluding hydrogens is 446 g/mol. The molecule has 2 aromatic heterocycles. The Bertz CT molecular complexity index is 1400. The Hall–Kier alpha value is -3.52. The van der Waals surface area contributed by atoms with Crippen molar-refractivity contribution in [2.45, 2.75) is 39.7 Å². The summed E-state index contributed by atoms with van der Waals surface area (Å²) in [5.74, 6) is -0.298. The molecule has 4 aromatic rings. The first-order valence-corrected chi connectivity index (χ1v) is 12.4. The molecule has 2 aromatic carbocycles. The Morgan fingerprint density at radius 2 is 1.82 bits per heavy atom. The second-order valence-corrected chi connectivity index (χ2v) is 9.74. The number of nitrogens with zero attached hydrogens (tertiary/aromatic N) is 4. The van der Waals surface area contributed by atoms with Crippen LogP contribution in [0.15, 0.2) is 53.3 Å². The second-order valence-electron chi connectivity index (χ2n) is 8.77. The van der Waals surface area contributed by atoms with Gasteiger partial charge in [0.2, 0.25) is 5.91 Å². The normalized spacial score (nSPS) is 13.9. The van der Waals surface area contributed by atoms with Gasteiger partial charge in [0.05, 0.1) is 4.70 Å². The first-order chi connectivity index (χ1) is 16.5. The maximum absolute atomic E-state index is 13.4. The van der Waals surface area contributed by atoms with E-state index >= 15 is 0 Å². The van der Waals surface area contributed by atoms with E-state index in [1.807, 2.05) is 62.4 Å². The summed E-state index contributed by atoms with van der Waals surface area (Å²) in [4.78, 5) is 33.2. The van der Waals surface area contributed by atoms with Crippen molar-refractivity contribution in [3.63, 3.8) is 0 Å². The van der Waals surface area contributed by atoms with Crippen molar-refractivity contribution in [3.8, 4) is 11.3 Å². The van der Waals surface area contributed by atoms with Gasteiger partial charge < -0.3 is 10.2 Å². The third-order valence-corrected chi connectivity index (χ3v) is 7.25. The topological polar surface area (TPSA) is 80.1 Å². The zero-order valence-corrected chi connectivity index (χ0v) is 20.2. The highest BCUT2D eigenvalue weighted by molar-refractivity contribution is 7.22. The van der Waals surface area contributed by atoms with E-state index in [0.29, 0.717) is 11.2 Å². The van der Waals surface area contributed by atoms with E-state index in [-0.39, 0.29) is 18.0 Å². The van der Waals surface area contributed by atoms with Crippen LogP contribution in [0.3, 0.4) is 0 Å². The van der Waals surface area contributed by atoms with Gasteiger partial charge in [-0.3, -0.25) is 9.59 Å². The predicted molar refractivity (Wildman–Crippen MR) is 138 cm³/mol. The molecule has 0 saturated carbocycles. The van der Waals surface area contributed by atoms with Crippen molar-refractivity contribution in [1.29, 1.82) is 0 Å². The number of thiazole rings is 1. The quantitative estimate of drug-likeness (QED) is 0.452. The minimum absolute atomic E-state index is 0.182. The average Bonchev–Trinajstić information content (AvgIpc) is 3.30. The predicted octanol–water partition coefficient (Wildman–Crippen LogP) is 4.77. The molecule has 1 aliphatic rings. The zero-order valence-electron chi connectivity index (χ0n) is 19.4. The molecule has 0 aliphatic carbocycles. The van der Waals surface area contributed by atoms with Crippen LogP contribution in [-0.4, -0.2) is 33.8 Å². The van der Waals surface area contributed by atoms with Crippen molar-refractivity contribution in [2.75, 3.05) is 23.3 Å². The van der Waals surface area contributed by atoms with Gasteiger partial charge in [0.15, 0.2) is 10.6 Å². The fourth-order valence-corrected chi connectivity index (χ4v) is 5.37. The smallest absolute Gasteiger partial charge is 0.294 e. The third kappa shape index (κ3) is 4.46. The highest BCUT2D eigenvalue weighted by Gasteiger charge is 2.22. The summed E-state index contributed by atoms with van der Waals surface area (Å²) in [5.41, 5.74) is 4.36. The fourth-order valence-electron chi connectivity index (χ4n) is 4.26. The number of fused-ring (bicyclic) bond motifs is 1. The molecule has 1 fully saturated rings. The molecule has 0 unspecified atom stereocenters. The van der Waals surface area contributed by atoms with Crippen molar-refractivity contribution in [1.82, 2.24) is 14.8 Å². The number of carbonyl (C=O) groups excluding carboxylic acids is 1. The number of carbonyl (C=O) groups is 1. The van der Waals surface area contributed by atoms with E-state index in [1.54, 1.807) is 0 Å². The van der Waals surface area contributed by atoms with E-state index < -0.39 is 0 Å². The maximum Gasteiger partial charge on any atom is 0.294 e. The van der Waals surface area contributed by atoms with Crippen LogP contribution in [0.1, 0.15) is 30.4 Å². The summed E-state index contributed by atoms with van der Waals surface area (Å²) in [6.07, 6.45) is 3.48. The zero-order chi connectivity index (χ0) is 23.7. The molecule has 0 bridgehead atoms. The monoisotopic (exact) mass is 473 g/mol. The number of nitrogens with one attached hydrogen (secondary N) is 1. The van der Waals surface area contributed by atoms with Crippen molar-refractivity contribution < 1.29 is 4.79 Å². The van der Waals surface area contributed by atoms with Gasteiger partial charge in [-0.1, -0.05) is 53.8 Å². The molecule has 1 aliphatic heterocycles. The lowest BCUT2D eigenvalue weighted by Gasteiger charge is -2.25. The van der Waals surface area contributed by atoms with E-state index in [1.165, 1.54) is 22.4 Å². The van der Waals surface area contributed by atoms with Crippen molar-refractivity contribution >= 4 is 38.3 Å². The molecule has 34 heavy (non-hydrogen) atoms. The number of aromatic nitrogens is 3. The minimum atomic E-state index is -0.342. The molecule has 0 atom stereocenters. The number of benzene rings is 2. The number of piperidine rings is 1. The Labute approximate surface area is 202 Å². The summed E-state index contributed by atoms with van der Waals surface area (Å²) in [6.45, 7) is 5.62. The van der Waals surface area contributed by atoms with E-state index in [2.05, 4.69) is 15.3 Å². The van der Waals surface area contributed by atoms with Crippen LogP contribution in [-0.2, 0) is 11.3 Å². The van der Waals surface area contributed by atoms with Crippen LogP contribution < -0.4 is 15.8 Å². The Kier molecular flexibility index (Phi) is 6.15. The Balaban J connectivity index is 1.55. The largest absolute Gasteiger partial charge is 0.348 e. The summed E-state index contributed by atoms with van der Waals surface area (Å²) in [7, 11) is 0. The van der Waals surface area contributed by atoms with E-state index in [4.69, 9.17) is 4.98 Å². The molecule has 8 heteroatoms. The summed E-state index contributed by atoms with van der Waals surface area (Å²) < 4.78 is 2.01. The number of hydrogen-bond acceptors (Lipinski definition) is 6. The molecule has 5 rings (SSSR count). The van der Waals surface area contributed by atoms with Crippen LogP contribution in [0, 0.1) is 13.8 Å². The van der Waals surface area contributed by atoms with Crippen LogP contribution in [0.2, 0.25) is 0 Å². The number of anilines is 2. The second kappa shape index (κ2) is 9.38. The molecule has 0 radical (unpaired) electrons. The minimum Gasteiger partial charge on any atom is -0.348 e. The van der Waals surface area contributed by atoms with E-state index in [0.717, 1.165) is 58.1 Å². The fraction of sp³-hybridized carbons (Fsp3) is 0.308. The van der Waals surface area contributed by atoms with Gasteiger partial charge in [-0.05, 0) is 50.3 Å². The highest BCUT2D eigenvalue weighted by Crippen LogP contribution is 2.34. The molecular formula is C26H27N5O2S. The molecule has 174 valence electrons. The molecule has 1 saturated heterocycles. The summed E-state index contributed by atoms with van der Waals surface area (Å²) in [6, 6.07) is 15.6. The SMILES string of the molecule is Cc1ccc(C)c(NC(=O)Cn2nc(-c3ccccc3)c3sc(N4CCCCC4)nc3c2=O)c1. The van der Waals surface area contributed by atoms with E-state index in [9.17, 15) is 9.59 Å². The first-order valence-electron chi connectivity index (χ1n) is 11.6. The van der Waals surface area contributed by atoms with Gasteiger partial charge in [-0.2, -0.15) is 5.10 Å². The summed E-state index contributed by atoms with van der Waals surface area (Å²) in [5, 5.41) is 8.42. The maximum atomic E-state index is 13.4. The lowest BCUT2D eigenvalue weighted by Crippen LogP contribution is -2.31. The van der Waals surface area contributed by atoms with Crippen LogP contribution >= 0.6 is 11.3 Å². The Morgan fingerprint density at radius 1 is 1.06 bits per heavy atom. The number of hydrogen-bond donors (Lipinski definition) is 1. The number of amides is 1. The standard InChI is InChI=1S/C26H27N5O2S/c1-17-11-12-18(2)20(15-17)27-21(32)16-31-25(33)23-24(22(29-31)19-9-5-3-6-10-19)34-26(28-23)30-13-7-4-8-14-30/h3,5-6,9-12,15H,4,7-8,13-14,16H2,1-2H3,(H,27,32). The third-order valence-electron chi connectivity index (χ3n) is 6.12. The number of rotatable bonds is 5. The van der Waals surface area contributed by atoms with Gasteiger partial charge in [0, 0.05) is 24.3 Å². The van der Waals surface area contributed by atoms with Gasteiger partial charge in [0.1, 0.15) is 12.2 Å². The molecule has 1 N–H and O–H groups in total. The first kappa shape index (κ1) is 22.3. The molecule has 1 amide bonds.